The van der Waals surface area contributed by atoms with E-state index in [-0.39, 0.29) is 12.0 Å². The summed E-state index contributed by atoms with van der Waals surface area (Å²) in [4.78, 5) is 0. The van der Waals surface area contributed by atoms with Crippen LogP contribution in [0.3, 0.4) is 0 Å². The van der Waals surface area contributed by atoms with E-state index in [9.17, 15) is 0 Å². The second kappa shape index (κ2) is 9.58. The predicted molar refractivity (Wildman–Crippen MR) is 180 cm³/mol. The first-order valence-electron chi connectivity index (χ1n) is 15.0. The molecule has 7 aromatic carbocycles. The van der Waals surface area contributed by atoms with Gasteiger partial charge in [0, 0.05) is 11.5 Å². The van der Waals surface area contributed by atoms with Crippen molar-refractivity contribution < 1.29 is 4.74 Å². The molecule has 7 aromatic rings. The Kier molecular flexibility index (Phi) is 5.39. The first-order valence-corrected chi connectivity index (χ1v) is 15.0. The smallest absolute Gasteiger partial charge is 0.128 e. The molecule has 0 spiro atoms. The second-order valence-electron chi connectivity index (χ2n) is 11.6. The molecule has 202 valence electrons. The lowest BCUT2D eigenvalue weighted by molar-refractivity contribution is 0.288. The van der Waals surface area contributed by atoms with Gasteiger partial charge in [-0.3, -0.25) is 0 Å². The van der Waals surface area contributed by atoms with Gasteiger partial charge in [0.05, 0.1) is 0 Å². The molecule has 0 radical (unpaired) electrons. The summed E-state index contributed by atoms with van der Waals surface area (Å²) in [5.74, 6) is 1.19. The highest BCUT2D eigenvalue weighted by Crippen LogP contribution is 2.48. The number of ether oxygens (including phenoxy) is 1. The van der Waals surface area contributed by atoms with Crippen LogP contribution in [0.25, 0.3) is 67.1 Å². The zero-order valence-electron chi connectivity index (χ0n) is 23.6. The fraction of sp³-hybridized carbons (Fsp3) is 0.0476. The van der Waals surface area contributed by atoms with E-state index in [4.69, 9.17) is 4.74 Å². The molecule has 0 saturated carbocycles. The zero-order valence-corrected chi connectivity index (χ0v) is 23.6. The summed E-state index contributed by atoms with van der Waals surface area (Å²) < 4.78 is 6.48. The van der Waals surface area contributed by atoms with E-state index in [0.717, 1.165) is 5.75 Å². The van der Waals surface area contributed by atoms with Crippen molar-refractivity contribution in [3.8, 4) is 39.1 Å². The molecule has 0 N–H and O–H groups in total. The van der Waals surface area contributed by atoms with Crippen LogP contribution in [0.1, 0.15) is 11.5 Å². The Labute approximate surface area is 250 Å². The van der Waals surface area contributed by atoms with Crippen LogP contribution in [0.15, 0.2) is 146 Å². The highest BCUT2D eigenvalue weighted by molar-refractivity contribution is 6.22. The van der Waals surface area contributed by atoms with Crippen LogP contribution in [0.4, 0.5) is 0 Å². The van der Waals surface area contributed by atoms with Gasteiger partial charge < -0.3 is 4.74 Å². The van der Waals surface area contributed by atoms with Crippen LogP contribution in [0.2, 0.25) is 0 Å². The molecule has 9 rings (SSSR count). The molecule has 0 aromatic heterocycles. The van der Waals surface area contributed by atoms with Crippen molar-refractivity contribution in [1.82, 2.24) is 0 Å². The molecule has 1 nitrogen and oxygen atoms in total. The maximum absolute atomic E-state index is 6.48. The quantitative estimate of drug-likeness (QED) is 0.200. The fourth-order valence-corrected chi connectivity index (χ4v) is 7.28. The summed E-state index contributed by atoms with van der Waals surface area (Å²) >= 11 is 0. The van der Waals surface area contributed by atoms with Gasteiger partial charge in [-0.25, -0.2) is 0 Å². The lowest BCUT2D eigenvalue weighted by Crippen LogP contribution is -2.34. The minimum Gasteiger partial charge on any atom is -0.485 e. The van der Waals surface area contributed by atoms with Crippen molar-refractivity contribution in [2.45, 2.75) is 12.0 Å². The van der Waals surface area contributed by atoms with Crippen molar-refractivity contribution in [2.75, 3.05) is 0 Å². The van der Waals surface area contributed by atoms with E-state index < -0.39 is 0 Å². The van der Waals surface area contributed by atoms with E-state index in [1.165, 1.54) is 70.9 Å². The summed E-state index contributed by atoms with van der Waals surface area (Å²) in [6.45, 7) is 0. The summed E-state index contributed by atoms with van der Waals surface area (Å²) in [7, 11) is 0. The topological polar surface area (TPSA) is 9.23 Å². The molecule has 1 heterocycles. The largest absolute Gasteiger partial charge is 0.485 e. The summed E-state index contributed by atoms with van der Waals surface area (Å²) in [5, 5.41) is 7.59. The molecule has 2 aliphatic rings. The maximum atomic E-state index is 6.48. The minimum atomic E-state index is 0.0329. The predicted octanol–water partition coefficient (Wildman–Crippen LogP) is 9.11. The molecule has 0 fully saturated rings. The first kappa shape index (κ1) is 24.2. The maximum Gasteiger partial charge on any atom is 0.128 e. The Hall–Kier alpha value is -5.40. The van der Waals surface area contributed by atoms with Crippen LogP contribution in [-0.2, 0) is 0 Å². The average Bonchev–Trinajstić information content (AvgIpc) is 3.43. The molecule has 0 bridgehead atoms. The van der Waals surface area contributed by atoms with E-state index in [1.54, 1.807) is 0 Å². The zero-order chi connectivity index (χ0) is 28.3. The van der Waals surface area contributed by atoms with Crippen LogP contribution in [-0.4, -0.2) is 6.10 Å². The van der Waals surface area contributed by atoms with Gasteiger partial charge in [-0.1, -0.05) is 140 Å². The molecule has 0 saturated heterocycles. The molecule has 43 heavy (non-hydrogen) atoms. The molecule has 0 amide bonds. The van der Waals surface area contributed by atoms with E-state index in [1.807, 2.05) is 0 Å². The number of fused-ring (bicyclic) bond motifs is 6. The highest BCUT2D eigenvalue weighted by atomic mass is 16.5. The lowest BCUT2D eigenvalue weighted by Gasteiger charge is -2.20. The summed E-state index contributed by atoms with van der Waals surface area (Å²) in [6.07, 6.45) is 4.70. The lowest BCUT2D eigenvalue weighted by atomic mass is 9.83. The van der Waals surface area contributed by atoms with Gasteiger partial charge in [-0.2, -0.15) is 0 Å². The molecule has 1 aliphatic carbocycles. The number of benzene rings is 7. The van der Waals surface area contributed by atoms with E-state index in [2.05, 4.69) is 158 Å². The van der Waals surface area contributed by atoms with E-state index in [0.29, 0.717) is 0 Å². The van der Waals surface area contributed by atoms with Gasteiger partial charge in [0.1, 0.15) is 11.9 Å². The van der Waals surface area contributed by atoms with Crippen molar-refractivity contribution in [1.29, 1.82) is 0 Å². The third-order valence-corrected chi connectivity index (χ3v) is 9.19. The molecular formula is C42H28O. The Balaban J connectivity index is 1.30. The molecule has 1 heteroatoms. The second-order valence-corrected chi connectivity index (χ2v) is 11.6. The summed E-state index contributed by atoms with van der Waals surface area (Å²) in [5.41, 5.74) is 8.78. The van der Waals surface area contributed by atoms with Gasteiger partial charge in [0.25, 0.3) is 0 Å². The van der Waals surface area contributed by atoms with Crippen molar-refractivity contribution in [2.24, 2.45) is 0 Å². The molecule has 2 atom stereocenters. The number of rotatable bonds is 3. The van der Waals surface area contributed by atoms with Crippen LogP contribution in [0, 0.1) is 0 Å². The molecule has 2 unspecified atom stereocenters. The van der Waals surface area contributed by atoms with Crippen LogP contribution in [0.5, 0.6) is 5.75 Å². The van der Waals surface area contributed by atoms with Gasteiger partial charge in [-0.15, -0.1) is 0 Å². The van der Waals surface area contributed by atoms with Crippen molar-refractivity contribution in [3.63, 3.8) is 0 Å². The third kappa shape index (κ3) is 3.78. The Morgan fingerprint density at radius 1 is 0.419 bits per heavy atom. The Morgan fingerprint density at radius 2 is 0.977 bits per heavy atom. The monoisotopic (exact) mass is 548 g/mol. The van der Waals surface area contributed by atoms with Crippen molar-refractivity contribution >= 4 is 33.7 Å². The van der Waals surface area contributed by atoms with Crippen molar-refractivity contribution in [3.05, 3.63) is 162 Å². The minimum absolute atomic E-state index is 0.0329. The number of hydrogen-bond donors (Lipinski definition) is 0. The van der Waals surface area contributed by atoms with E-state index >= 15 is 0 Å². The Bertz CT molecular complexity index is 2270. The summed E-state index contributed by atoms with van der Waals surface area (Å²) in [6, 6.07) is 52.8. The molecule has 1 aliphatic heterocycles. The van der Waals surface area contributed by atoms with Gasteiger partial charge in [0.2, 0.25) is 0 Å². The first-order chi connectivity index (χ1) is 21.3. The molecular weight excluding hydrogens is 520 g/mol. The normalized spacial score (nSPS) is 16.5. The van der Waals surface area contributed by atoms with Crippen LogP contribution >= 0.6 is 0 Å². The Morgan fingerprint density at radius 3 is 1.67 bits per heavy atom. The SMILES string of the molecule is C1=c2ccccc2=CC2c3cc(-c4c5ccccc5c(-c5ccccc5-c5ccccc5)c5ccccc45)ccc3OC12. The third-order valence-electron chi connectivity index (χ3n) is 9.19. The van der Waals surface area contributed by atoms with Gasteiger partial charge in [-0.05, 0) is 83.6 Å². The fourth-order valence-electron chi connectivity index (χ4n) is 7.28. The highest BCUT2D eigenvalue weighted by Gasteiger charge is 2.33. The standard InChI is InChI=1S/C42H28O/c1-2-12-27(13-3-1)31-16-6-7-17-32(31)42-35-20-10-8-18-33(35)41(34-19-9-11-21-36(34)42)30-22-23-39-37(25-30)38-24-28-14-4-5-15-29(28)26-40(38)43-39/h1-26,38,40H. The number of hydrogen-bond acceptors (Lipinski definition) is 1. The van der Waals surface area contributed by atoms with Crippen LogP contribution < -0.4 is 15.2 Å². The average molecular weight is 549 g/mol. The van der Waals surface area contributed by atoms with Gasteiger partial charge in [0.15, 0.2) is 0 Å². The van der Waals surface area contributed by atoms with Gasteiger partial charge >= 0.3 is 0 Å².